The topological polar surface area (TPSA) is 88.5 Å². The molecule has 7 nitrogen and oxygen atoms in total. The average Bonchev–Trinajstić information content (AvgIpc) is 3.90. The van der Waals surface area contributed by atoms with Gasteiger partial charge in [0.2, 0.25) is 0 Å². The maximum absolute atomic E-state index is 13.3. The summed E-state index contributed by atoms with van der Waals surface area (Å²) in [4.78, 5) is 24.4. The molecule has 0 aliphatic carbocycles. The third kappa shape index (κ3) is 13.9. The average molecular weight is 791 g/mol. The van der Waals surface area contributed by atoms with Crippen molar-refractivity contribution in [1.82, 2.24) is 9.13 Å². The number of nitrogens with zero attached hydrogens (tertiary/aromatic N) is 2. The first kappa shape index (κ1) is 45.3. The number of ether oxygens (including phenoxy) is 2. The third-order valence-corrected chi connectivity index (χ3v) is 8.13. The first-order valence-corrected chi connectivity index (χ1v) is 17.8. The van der Waals surface area contributed by atoms with Crippen molar-refractivity contribution in [2.75, 3.05) is 25.6 Å². The normalized spacial score (nSPS) is 11.5. The lowest BCUT2D eigenvalue weighted by Gasteiger charge is -2.10. The Morgan fingerprint density at radius 1 is 0.778 bits per heavy atom. The van der Waals surface area contributed by atoms with Gasteiger partial charge in [0.05, 0.1) is 16.7 Å². The van der Waals surface area contributed by atoms with Crippen LogP contribution in [0.25, 0.3) is 12.2 Å². The van der Waals surface area contributed by atoms with Crippen molar-refractivity contribution in [2.24, 2.45) is 0 Å². The molecule has 13 heteroatoms. The number of hydrogen-bond acceptors (Lipinski definition) is 5. The molecular weight excluding hydrogens is 745 g/mol. The number of aromatic nitrogens is 2. The number of ketones is 1. The van der Waals surface area contributed by atoms with E-state index < -0.39 is 29.2 Å². The van der Waals surface area contributed by atoms with E-state index in [0.29, 0.717) is 53.1 Å². The van der Waals surface area contributed by atoms with Gasteiger partial charge in [-0.2, -0.15) is 0 Å². The SMILES string of the molecule is C1CCOC1.C=CCCn1c(C=C)cc(Cl)c1C(=O)Cc1ccc(F)c(F)c1.C=CCCn1c(C=C)cc(Cl)c1C(=O)OCC.Nc1ccc(F)c(F)c1. The van der Waals surface area contributed by atoms with Crippen LogP contribution < -0.4 is 5.73 Å². The molecule has 0 bridgehead atoms. The van der Waals surface area contributed by atoms with Crippen LogP contribution >= 0.6 is 23.2 Å². The van der Waals surface area contributed by atoms with Gasteiger partial charge in [0, 0.05) is 49.8 Å². The number of anilines is 1. The van der Waals surface area contributed by atoms with Crippen LogP contribution in [0.1, 0.15) is 70.5 Å². The van der Waals surface area contributed by atoms with Crippen molar-refractivity contribution in [3.8, 4) is 0 Å². The summed E-state index contributed by atoms with van der Waals surface area (Å²) in [6.45, 7) is 20.0. The summed E-state index contributed by atoms with van der Waals surface area (Å²) in [5.74, 6) is -4.37. The highest BCUT2D eigenvalue weighted by Gasteiger charge is 2.21. The summed E-state index contributed by atoms with van der Waals surface area (Å²) in [7, 11) is 0. The maximum atomic E-state index is 13.3. The molecule has 2 aromatic carbocycles. The first-order chi connectivity index (χ1) is 25.8. The van der Waals surface area contributed by atoms with Crippen molar-refractivity contribution in [1.29, 1.82) is 0 Å². The van der Waals surface area contributed by atoms with E-state index in [2.05, 4.69) is 26.3 Å². The van der Waals surface area contributed by atoms with Gasteiger partial charge >= 0.3 is 5.97 Å². The number of Topliss-reactive ketones (excluding diaryl/α,β-unsaturated/α-hetero) is 1. The van der Waals surface area contributed by atoms with Crippen LogP contribution in [-0.4, -0.2) is 40.7 Å². The molecule has 5 rings (SSSR count). The van der Waals surface area contributed by atoms with Crippen LogP contribution in [0.4, 0.5) is 23.2 Å². The molecule has 1 saturated heterocycles. The number of carbonyl (C=O) groups is 2. The predicted octanol–water partition coefficient (Wildman–Crippen LogP) is 10.9. The van der Waals surface area contributed by atoms with Crippen molar-refractivity contribution in [3.63, 3.8) is 0 Å². The molecule has 0 radical (unpaired) electrons. The van der Waals surface area contributed by atoms with Crippen molar-refractivity contribution < 1.29 is 36.6 Å². The van der Waals surface area contributed by atoms with Crippen LogP contribution in [0.5, 0.6) is 0 Å². The van der Waals surface area contributed by atoms with Gasteiger partial charge in [-0.25, -0.2) is 22.4 Å². The fourth-order valence-corrected chi connectivity index (χ4v) is 5.57. The van der Waals surface area contributed by atoms with Gasteiger partial charge in [0.1, 0.15) is 11.4 Å². The molecule has 0 saturated carbocycles. The summed E-state index contributed by atoms with van der Waals surface area (Å²) in [5, 5.41) is 0.707. The Hall–Kier alpha value is -4.84. The Morgan fingerprint density at radius 3 is 1.70 bits per heavy atom. The number of allylic oxidation sites excluding steroid dienone is 2. The molecule has 1 aliphatic rings. The van der Waals surface area contributed by atoms with E-state index in [0.717, 1.165) is 55.3 Å². The number of halogens is 6. The van der Waals surface area contributed by atoms with Crippen LogP contribution in [0.3, 0.4) is 0 Å². The van der Waals surface area contributed by atoms with Gasteiger partial charge in [-0.05, 0) is 92.8 Å². The van der Waals surface area contributed by atoms with Crippen LogP contribution in [-0.2, 0) is 29.0 Å². The van der Waals surface area contributed by atoms with E-state index in [-0.39, 0.29) is 17.9 Å². The van der Waals surface area contributed by atoms with Crippen molar-refractivity contribution >= 4 is 52.8 Å². The van der Waals surface area contributed by atoms with Crippen LogP contribution in [0, 0.1) is 23.3 Å². The Kier molecular flexibility index (Phi) is 19.9. The lowest BCUT2D eigenvalue weighted by atomic mass is 10.1. The molecule has 2 aromatic heterocycles. The summed E-state index contributed by atoms with van der Waals surface area (Å²) >= 11 is 12.2. The third-order valence-electron chi connectivity index (χ3n) is 7.55. The maximum Gasteiger partial charge on any atom is 0.356 e. The second kappa shape index (κ2) is 23.7. The number of nitrogen functional groups attached to an aromatic ring is 1. The van der Waals surface area contributed by atoms with Gasteiger partial charge in [0.25, 0.3) is 0 Å². The molecule has 290 valence electrons. The smallest absolute Gasteiger partial charge is 0.356 e. The minimum absolute atomic E-state index is 0.0639. The van der Waals surface area contributed by atoms with E-state index in [1.165, 1.54) is 25.0 Å². The highest BCUT2D eigenvalue weighted by molar-refractivity contribution is 6.34. The molecule has 54 heavy (non-hydrogen) atoms. The van der Waals surface area contributed by atoms with Crippen LogP contribution in [0.2, 0.25) is 10.0 Å². The number of hydrogen-bond donors (Lipinski definition) is 1. The first-order valence-electron chi connectivity index (χ1n) is 17.0. The summed E-state index contributed by atoms with van der Waals surface area (Å²) in [6.07, 6.45) is 10.7. The number of benzene rings is 2. The fourth-order valence-electron chi connectivity index (χ4n) is 4.96. The Labute approximate surface area is 324 Å². The van der Waals surface area contributed by atoms with Gasteiger partial charge in [-0.3, -0.25) is 4.79 Å². The molecule has 2 N–H and O–H groups in total. The van der Waals surface area contributed by atoms with E-state index in [1.807, 2.05) is 0 Å². The zero-order valence-electron chi connectivity index (χ0n) is 30.2. The molecule has 1 aliphatic heterocycles. The highest BCUT2D eigenvalue weighted by Crippen LogP contribution is 2.26. The largest absolute Gasteiger partial charge is 0.461 e. The molecule has 0 spiro atoms. The van der Waals surface area contributed by atoms with E-state index in [1.54, 1.807) is 52.5 Å². The number of nitrogens with two attached hydrogens (primary N) is 1. The molecule has 0 atom stereocenters. The quantitative estimate of drug-likeness (QED) is 0.0479. The fraction of sp³-hybridized carbons (Fsp3) is 0.268. The molecule has 0 amide bonds. The summed E-state index contributed by atoms with van der Waals surface area (Å²) < 4.78 is 63.9. The second-order valence-corrected chi connectivity index (χ2v) is 12.3. The number of esters is 1. The number of carbonyl (C=O) groups excluding carboxylic acids is 2. The predicted molar refractivity (Wildman–Crippen MR) is 210 cm³/mol. The van der Waals surface area contributed by atoms with E-state index in [4.69, 9.17) is 38.4 Å². The standard InChI is InChI=1S/C18H16ClF2NO.C13H16ClNO2.C6H5F2N.C4H8O/c1-3-5-8-22-13(4-2)11-14(19)18(22)17(23)10-12-6-7-15(20)16(21)9-12;1-4-7-8-15-10(5-2)9-11(14)12(15)13(16)17-6-3;7-5-2-1-4(9)3-6(5)8;1-2-4-5-3-1/h3-4,6-7,9,11H,1-2,5,8,10H2;4-5,9H,1-2,6-8H2,3H3;1-3H,9H2;1-4H2. The van der Waals surface area contributed by atoms with Gasteiger partial charge in [-0.15, -0.1) is 13.2 Å². The second-order valence-electron chi connectivity index (χ2n) is 11.5. The van der Waals surface area contributed by atoms with Crippen molar-refractivity contribution in [2.45, 2.75) is 52.1 Å². The summed E-state index contributed by atoms with van der Waals surface area (Å²) in [5.41, 5.74) is 8.00. The molecular formula is C41H45Cl2F4N3O4. The van der Waals surface area contributed by atoms with Crippen molar-refractivity contribution in [3.05, 3.63) is 149 Å². The minimum atomic E-state index is -0.977. The molecule has 4 aromatic rings. The Balaban J connectivity index is 0.000000282. The zero-order chi connectivity index (χ0) is 40.2. The Morgan fingerprint density at radius 2 is 1.28 bits per heavy atom. The van der Waals surface area contributed by atoms with Gasteiger partial charge in [0.15, 0.2) is 29.1 Å². The van der Waals surface area contributed by atoms with Gasteiger partial charge in [-0.1, -0.05) is 54.6 Å². The highest BCUT2D eigenvalue weighted by atomic mass is 35.5. The van der Waals surface area contributed by atoms with E-state index in [9.17, 15) is 27.2 Å². The minimum Gasteiger partial charge on any atom is -0.461 e. The lowest BCUT2D eigenvalue weighted by Crippen LogP contribution is -2.13. The lowest BCUT2D eigenvalue weighted by molar-refractivity contribution is 0.0513. The van der Waals surface area contributed by atoms with E-state index >= 15 is 0 Å². The molecule has 1 fully saturated rings. The number of rotatable bonds is 13. The zero-order valence-corrected chi connectivity index (χ0v) is 31.7. The van der Waals surface area contributed by atoms with Crippen LogP contribution in [0.15, 0.2) is 87.0 Å². The monoisotopic (exact) mass is 789 g/mol. The molecule has 3 heterocycles. The molecule has 0 unspecified atom stereocenters. The Bertz CT molecular complexity index is 1890. The van der Waals surface area contributed by atoms with Gasteiger partial charge < -0.3 is 24.3 Å². The summed E-state index contributed by atoms with van der Waals surface area (Å²) in [6, 6.07) is 10.0.